The minimum Gasteiger partial charge on any atom is -0.306 e. The van der Waals surface area contributed by atoms with E-state index in [1.54, 1.807) is 12.1 Å². The van der Waals surface area contributed by atoms with Gasteiger partial charge >= 0.3 is 0 Å². The number of amides is 1. The molecule has 8 heteroatoms. The van der Waals surface area contributed by atoms with Gasteiger partial charge in [0.25, 0.3) is 5.69 Å². The fourth-order valence-electron chi connectivity index (χ4n) is 2.23. The molecule has 1 fully saturated rings. The largest absolute Gasteiger partial charge is 0.306 e. The summed E-state index contributed by atoms with van der Waals surface area (Å²) in [4.78, 5) is 35.1. The molecule has 1 amide bonds. The van der Waals surface area contributed by atoms with Crippen LogP contribution in [0.15, 0.2) is 22.7 Å². The molecule has 6 nitrogen and oxygen atoms in total. The summed E-state index contributed by atoms with van der Waals surface area (Å²) < 4.78 is 0.591. The number of hydrogen-bond donors (Lipinski definition) is 0. The molecule has 1 aliphatic rings. The first-order chi connectivity index (χ1) is 9.88. The molecule has 0 spiro atoms. The minimum atomic E-state index is -0.495. The first-order valence-electron chi connectivity index (χ1n) is 6.26. The zero-order chi connectivity index (χ0) is 15.6. The Labute approximate surface area is 134 Å². The number of nitrogens with zero attached hydrogens (tertiary/aromatic N) is 2. The van der Waals surface area contributed by atoms with Crippen LogP contribution in [0.2, 0.25) is 0 Å². The van der Waals surface area contributed by atoms with E-state index in [0.29, 0.717) is 28.9 Å². The number of halogens is 1. The third kappa shape index (κ3) is 3.82. The van der Waals surface area contributed by atoms with Gasteiger partial charge in [-0.25, -0.2) is 0 Å². The lowest BCUT2D eigenvalue weighted by Gasteiger charge is -2.16. The molecule has 0 aliphatic carbocycles. The minimum absolute atomic E-state index is 0.00974. The predicted octanol–water partition coefficient (Wildman–Crippen LogP) is 2.99. The molecule has 0 saturated carbocycles. The second kappa shape index (κ2) is 6.57. The highest BCUT2D eigenvalue weighted by molar-refractivity contribution is 9.10. The molecule has 0 aromatic heterocycles. The number of benzene rings is 1. The molecule has 2 rings (SSSR count). The van der Waals surface area contributed by atoms with Crippen LogP contribution < -0.4 is 4.90 Å². The van der Waals surface area contributed by atoms with Gasteiger partial charge in [-0.15, -0.1) is 0 Å². The molecule has 0 bridgehead atoms. The summed E-state index contributed by atoms with van der Waals surface area (Å²) in [7, 11) is 0. The van der Waals surface area contributed by atoms with E-state index >= 15 is 0 Å². The molecule has 1 heterocycles. The van der Waals surface area contributed by atoms with Gasteiger partial charge in [-0.05, 0) is 18.1 Å². The third-order valence-electron chi connectivity index (χ3n) is 3.15. The maximum absolute atomic E-state index is 12.1. The molecule has 1 aromatic rings. The summed E-state index contributed by atoms with van der Waals surface area (Å²) >= 11 is 4.37. The maximum Gasteiger partial charge on any atom is 0.294 e. The van der Waals surface area contributed by atoms with Gasteiger partial charge in [0.2, 0.25) is 5.91 Å². The van der Waals surface area contributed by atoms with Crippen molar-refractivity contribution < 1.29 is 14.5 Å². The second-order valence-electron chi connectivity index (χ2n) is 4.77. The van der Waals surface area contributed by atoms with Gasteiger partial charge in [0.05, 0.1) is 4.92 Å². The average Bonchev–Trinajstić information content (AvgIpc) is 2.77. The first kappa shape index (κ1) is 16.0. The summed E-state index contributed by atoms with van der Waals surface area (Å²) in [5, 5.41) is 11.1. The van der Waals surface area contributed by atoms with Crippen LogP contribution >= 0.6 is 27.7 Å². The average molecular weight is 373 g/mol. The summed E-state index contributed by atoms with van der Waals surface area (Å²) in [5.74, 6) is 0.450. The zero-order valence-electron chi connectivity index (χ0n) is 11.2. The van der Waals surface area contributed by atoms with Crippen LogP contribution in [0, 0.1) is 16.0 Å². The van der Waals surface area contributed by atoms with Crippen LogP contribution in [0.5, 0.6) is 0 Å². The maximum atomic E-state index is 12.1. The molecule has 1 aliphatic heterocycles. The lowest BCUT2D eigenvalue weighted by molar-refractivity contribution is -0.384. The van der Waals surface area contributed by atoms with Crippen molar-refractivity contribution in [1.82, 2.24) is 0 Å². The van der Waals surface area contributed by atoms with Gasteiger partial charge in [-0.3, -0.25) is 19.7 Å². The van der Waals surface area contributed by atoms with Crippen molar-refractivity contribution >= 4 is 50.1 Å². The second-order valence-corrected chi connectivity index (χ2v) is 6.88. The van der Waals surface area contributed by atoms with Crippen molar-refractivity contribution in [3.8, 4) is 0 Å². The smallest absolute Gasteiger partial charge is 0.294 e. The van der Waals surface area contributed by atoms with E-state index in [4.69, 9.17) is 0 Å². The number of carbonyl (C=O) groups is 2. The van der Waals surface area contributed by atoms with Gasteiger partial charge in [0.1, 0.15) is 5.69 Å². The van der Waals surface area contributed by atoms with Crippen LogP contribution in [-0.4, -0.2) is 28.2 Å². The van der Waals surface area contributed by atoms with Crippen LogP contribution in [0.3, 0.4) is 0 Å². The lowest BCUT2D eigenvalue weighted by atomic mass is 10.1. The third-order valence-corrected chi connectivity index (χ3v) is 4.69. The molecule has 0 radical (unpaired) electrons. The number of anilines is 1. The number of nitro groups is 1. The van der Waals surface area contributed by atoms with E-state index in [-0.39, 0.29) is 22.6 Å². The van der Waals surface area contributed by atoms with Gasteiger partial charge < -0.3 is 4.90 Å². The van der Waals surface area contributed by atoms with Gasteiger partial charge in [-0.2, -0.15) is 0 Å². The van der Waals surface area contributed by atoms with E-state index in [1.165, 1.54) is 29.7 Å². The number of thioether (sulfide) groups is 1. The van der Waals surface area contributed by atoms with Gasteiger partial charge in [0.15, 0.2) is 5.12 Å². The Kier molecular flexibility index (Phi) is 5.00. The van der Waals surface area contributed by atoms with Gasteiger partial charge in [0, 0.05) is 36.2 Å². The Morgan fingerprint density at radius 3 is 2.90 bits per heavy atom. The Morgan fingerprint density at radius 1 is 1.57 bits per heavy atom. The standard InChI is InChI=1S/C13H13BrN2O4S/c1-8(17)21-7-9-4-13(18)15(6-9)11-3-2-10(14)5-12(11)16(19)20/h2-3,5,9H,4,6-7H2,1H3. The van der Waals surface area contributed by atoms with E-state index in [2.05, 4.69) is 15.9 Å². The van der Waals surface area contributed by atoms with Crippen LogP contribution in [0.1, 0.15) is 13.3 Å². The first-order valence-corrected chi connectivity index (χ1v) is 8.04. The highest BCUT2D eigenvalue weighted by atomic mass is 79.9. The summed E-state index contributed by atoms with van der Waals surface area (Å²) in [6.45, 7) is 1.89. The fraction of sp³-hybridized carbons (Fsp3) is 0.385. The summed E-state index contributed by atoms with van der Waals surface area (Å²) in [5.41, 5.74) is 0.209. The number of hydrogen-bond acceptors (Lipinski definition) is 5. The molecule has 1 atom stereocenters. The van der Waals surface area contributed by atoms with Gasteiger partial charge in [-0.1, -0.05) is 27.7 Å². The Morgan fingerprint density at radius 2 is 2.29 bits per heavy atom. The van der Waals surface area contributed by atoms with Crippen molar-refractivity contribution in [2.75, 3.05) is 17.2 Å². The zero-order valence-corrected chi connectivity index (χ0v) is 13.6. The molecule has 1 unspecified atom stereocenters. The molecule has 1 aromatic carbocycles. The molecule has 1 saturated heterocycles. The van der Waals surface area contributed by atoms with Crippen LogP contribution in [-0.2, 0) is 9.59 Å². The summed E-state index contributed by atoms with van der Waals surface area (Å²) in [6.07, 6.45) is 0.313. The highest BCUT2D eigenvalue weighted by Crippen LogP contribution is 2.35. The van der Waals surface area contributed by atoms with Crippen molar-refractivity contribution in [3.05, 3.63) is 32.8 Å². The number of carbonyl (C=O) groups excluding carboxylic acids is 2. The molecular weight excluding hydrogens is 360 g/mol. The fourth-order valence-corrected chi connectivity index (χ4v) is 3.27. The van der Waals surface area contributed by atoms with Crippen molar-refractivity contribution in [3.63, 3.8) is 0 Å². The van der Waals surface area contributed by atoms with Crippen molar-refractivity contribution in [1.29, 1.82) is 0 Å². The normalized spacial score (nSPS) is 18.1. The lowest BCUT2D eigenvalue weighted by Crippen LogP contribution is -2.25. The Balaban J connectivity index is 2.21. The Hall–Kier alpha value is -1.41. The van der Waals surface area contributed by atoms with Crippen molar-refractivity contribution in [2.24, 2.45) is 5.92 Å². The topological polar surface area (TPSA) is 80.5 Å². The van der Waals surface area contributed by atoms with Crippen LogP contribution in [0.4, 0.5) is 11.4 Å². The van der Waals surface area contributed by atoms with Crippen LogP contribution in [0.25, 0.3) is 0 Å². The predicted molar refractivity (Wildman–Crippen MR) is 84.4 cm³/mol. The summed E-state index contributed by atoms with van der Waals surface area (Å²) in [6, 6.07) is 4.63. The number of rotatable bonds is 4. The molecular formula is C13H13BrN2O4S. The molecule has 0 N–H and O–H groups in total. The monoisotopic (exact) mass is 372 g/mol. The van der Waals surface area contributed by atoms with E-state index in [9.17, 15) is 19.7 Å². The van der Waals surface area contributed by atoms with E-state index < -0.39 is 4.92 Å². The molecule has 21 heavy (non-hydrogen) atoms. The SMILES string of the molecule is CC(=O)SCC1CC(=O)N(c2ccc(Br)cc2[N+](=O)[O-])C1. The Bertz CT molecular complexity index is 608. The number of nitro benzene ring substituents is 1. The van der Waals surface area contributed by atoms with E-state index in [1.807, 2.05) is 0 Å². The molecule has 112 valence electrons. The van der Waals surface area contributed by atoms with Crippen molar-refractivity contribution in [2.45, 2.75) is 13.3 Å². The highest BCUT2D eigenvalue weighted by Gasteiger charge is 2.34. The quantitative estimate of drug-likeness (QED) is 0.599. The van der Waals surface area contributed by atoms with E-state index in [0.717, 1.165) is 0 Å².